The highest BCUT2D eigenvalue weighted by Crippen LogP contribution is 2.60. The first-order valence-corrected chi connectivity index (χ1v) is 23.4. The number of methoxy groups -OCH3 is 2. The number of ether oxygens (including phenoxy) is 5. The van der Waals surface area contributed by atoms with E-state index in [4.69, 9.17) is 32.7 Å². The van der Waals surface area contributed by atoms with Crippen molar-refractivity contribution in [2.24, 2.45) is 11.8 Å². The van der Waals surface area contributed by atoms with Gasteiger partial charge in [0.15, 0.2) is 5.60 Å². The third-order valence-electron chi connectivity index (χ3n) is 12.6. The predicted octanol–water partition coefficient (Wildman–Crippen LogP) is 9.21. The number of benzene rings is 4. The smallest absolute Gasteiger partial charge is 0.330 e. The van der Waals surface area contributed by atoms with Crippen LogP contribution in [0.1, 0.15) is 81.5 Å². The van der Waals surface area contributed by atoms with Gasteiger partial charge in [-0.15, -0.1) is 0 Å². The highest BCUT2D eigenvalue weighted by atomic mass is 31.2. The van der Waals surface area contributed by atoms with E-state index < -0.39 is 55.3 Å². The first-order chi connectivity index (χ1) is 31.3. The van der Waals surface area contributed by atoms with Gasteiger partial charge < -0.3 is 32.7 Å². The lowest BCUT2D eigenvalue weighted by molar-refractivity contribution is -0.200. The maximum Gasteiger partial charge on any atom is 0.330 e. The molecule has 14 heteroatoms. The number of H-pyrrole nitrogens is 1. The van der Waals surface area contributed by atoms with Crippen LogP contribution in [0.15, 0.2) is 119 Å². The van der Waals surface area contributed by atoms with E-state index in [9.17, 15) is 14.9 Å². The molecule has 344 valence electrons. The van der Waals surface area contributed by atoms with E-state index in [0.29, 0.717) is 29.2 Å². The molecule has 1 aromatic heterocycles. The topological polar surface area (TPSA) is 147 Å². The fourth-order valence-corrected chi connectivity index (χ4v) is 11.2. The molecule has 1 N–H and O–H groups in total. The molecule has 0 radical (unpaired) electrons. The van der Waals surface area contributed by atoms with Crippen molar-refractivity contribution in [2.75, 3.05) is 27.4 Å². The molecule has 2 aliphatic rings. The van der Waals surface area contributed by atoms with E-state index in [1.165, 1.54) is 4.57 Å². The van der Waals surface area contributed by atoms with Gasteiger partial charge in [0.2, 0.25) is 0 Å². The first-order valence-electron chi connectivity index (χ1n) is 22.2. The standard InChI is InChI=1S/C51H61N4O9P/c1-33(2)55(34(3)4)65(61-29-13-28-52)64-46-45-36(6)30-44(62-43-22-16-35(5)17-23-43)50(46,63-48(45)54-31-37(7)47(56)53-49(54)57)32-60-51(38-14-11-10-12-15-38,39-18-24-41(58-8)25-19-39)40-20-26-42(59-9)27-21-40/h10-12,14-27,31,33-34,36,44-46,48H,13,29-30,32H2,1-9H3,(H,53,56,57)/t36-,44-,45-,46+,48-,50+,65?/m1/s1. The number of hydrogen-bond donors (Lipinski definition) is 1. The summed E-state index contributed by atoms with van der Waals surface area (Å²) in [6, 6.07) is 35.8. The van der Waals surface area contributed by atoms with Gasteiger partial charge in [0.05, 0.1) is 39.9 Å². The van der Waals surface area contributed by atoms with Gasteiger partial charge >= 0.3 is 5.69 Å². The van der Waals surface area contributed by atoms with E-state index in [0.717, 1.165) is 22.3 Å². The molecular weight excluding hydrogens is 844 g/mol. The quantitative estimate of drug-likeness (QED) is 0.0481. The summed E-state index contributed by atoms with van der Waals surface area (Å²) in [6.07, 6.45) is -0.218. The van der Waals surface area contributed by atoms with Gasteiger partial charge in [0.1, 0.15) is 41.3 Å². The number of aryl methyl sites for hydroxylation is 2. The summed E-state index contributed by atoms with van der Waals surface area (Å²) in [4.78, 5) is 29.4. The van der Waals surface area contributed by atoms with Crippen molar-refractivity contribution in [1.82, 2.24) is 14.2 Å². The Morgan fingerprint density at radius 3 is 1.98 bits per heavy atom. The largest absolute Gasteiger partial charge is 0.497 e. The molecule has 0 amide bonds. The Balaban J connectivity index is 1.49. The molecule has 7 rings (SSSR count). The SMILES string of the molecule is COc1ccc(C(OC[C@]23O[C@@H](n4cc(C)c(=O)[nH]c4=O)[C@H]([C@H](C)C[C@H]2Oc2ccc(C)cc2)[C@@H]3OP(OCCC#N)N(C(C)C)C(C)C)(c2ccccc2)c2ccc(OC)cc2)cc1. The maximum atomic E-state index is 14.0. The molecular formula is C51H61N4O9P. The molecule has 1 saturated heterocycles. The van der Waals surface area contributed by atoms with Gasteiger partial charge in [-0.05, 0) is 107 Å². The van der Waals surface area contributed by atoms with Gasteiger partial charge in [0.25, 0.3) is 14.1 Å². The Bertz CT molecular complexity index is 2450. The summed E-state index contributed by atoms with van der Waals surface area (Å²) >= 11 is 0. The van der Waals surface area contributed by atoms with E-state index in [-0.39, 0.29) is 37.6 Å². The number of fused-ring (bicyclic) bond motifs is 2. The van der Waals surface area contributed by atoms with Crippen LogP contribution in [0.5, 0.6) is 17.2 Å². The fourth-order valence-electron chi connectivity index (χ4n) is 9.38. The number of hydrogen-bond acceptors (Lipinski definition) is 11. The average Bonchev–Trinajstić information content (AvgIpc) is 3.56. The number of aromatic nitrogens is 2. The zero-order chi connectivity index (χ0) is 46.5. The average molecular weight is 905 g/mol. The second-order valence-electron chi connectivity index (χ2n) is 17.5. The highest BCUT2D eigenvalue weighted by Gasteiger charge is 2.68. The molecule has 4 aromatic carbocycles. The van der Waals surface area contributed by atoms with Crippen molar-refractivity contribution < 1.29 is 32.7 Å². The van der Waals surface area contributed by atoms with Crippen LogP contribution < -0.4 is 25.5 Å². The summed E-state index contributed by atoms with van der Waals surface area (Å²) in [5.41, 5.74) is 0.117. The van der Waals surface area contributed by atoms with Crippen LogP contribution in [-0.4, -0.2) is 71.5 Å². The zero-order valence-electron chi connectivity index (χ0n) is 38.7. The van der Waals surface area contributed by atoms with Crippen LogP contribution in [0, 0.1) is 37.0 Å². The van der Waals surface area contributed by atoms with Gasteiger partial charge in [-0.3, -0.25) is 14.3 Å². The molecule has 13 nitrogen and oxygen atoms in total. The number of rotatable bonds is 19. The molecule has 1 saturated carbocycles. The normalized spacial score (nSPS) is 22.2. The summed E-state index contributed by atoms with van der Waals surface area (Å²) < 4.78 is 51.4. The van der Waals surface area contributed by atoms with Crippen molar-refractivity contribution in [1.29, 1.82) is 5.26 Å². The second-order valence-corrected chi connectivity index (χ2v) is 18.9. The van der Waals surface area contributed by atoms with E-state index >= 15 is 0 Å². The molecule has 0 spiro atoms. The van der Waals surface area contributed by atoms with E-state index in [2.05, 4.69) is 50.3 Å². The Morgan fingerprint density at radius 1 is 0.862 bits per heavy atom. The molecule has 1 aliphatic heterocycles. The predicted molar refractivity (Wildman–Crippen MR) is 250 cm³/mol. The molecule has 65 heavy (non-hydrogen) atoms. The zero-order valence-corrected chi connectivity index (χ0v) is 39.6. The van der Waals surface area contributed by atoms with Gasteiger partial charge in [0, 0.05) is 29.8 Å². The van der Waals surface area contributed by atoms with Crippen molar-refractivity contribution in [2.45, 2.75) is 103 Å². The van der Waals surface area contributed by atoms with Crippen molar-refractivity contribution in [3.05, 3.63) is 158 Å². The van der Waals surface area contributed by atoms with Crippen molar-refractivity contribution in [3.63, 3.8) is 0 Å². The lowest BCUT2D eigenvalue weighted by Gasteiger charge is -2.49. The molecule has 7 atom stereocenters. The first kappa shape index (κ1) is 47.6. The van der Waals surface area contributed by atoms with Crippen LogP contribution in [-0.2, 0) is 24.1 Å². The van der Waals surface area contributed by atoms with Crippen LogP contribution in [0.25, 0.3) is 0 Å². The van der Waals surface area contributed by atoms with Crippen LogP contribution >= 0.6 is 8.53 Å². The second kappa shape index (κ2) is 20.5. The number of nitriles is 1. The minimum atomic E-state index is -1.85. The Morgan fingerprint density at radius 2 is 1.43 bits per heavy atom. The van der Waals surface area contributed by atoms with Gasteiger partial charge in [-0.25, -0.2) is 9.46 Å². The minimum Gasteiger partial charge on any atom is -0.497 e. The van der Waals surface area contributed by atoms with Crippen LogP contribution in [0.3, 0.4) is 0 Å². The summed E-state index contributed by atoms with van der Waals surface area (Å²) in [7, 11) is 1.41. The van der Waals surface area contributed by atoms with Crippen LogP contribution in [0.2, 0.25) is 0 Å². The Kier molecular flexibility index (Phi) is 15.0. The molecule has 2 fully saturated rings. The molecule has 1 unspecified atom stereocenters. The Labute approximate surface area is 383 Å². The molecule has 5 aromatic rings. The van der Waals surface area contributed by atoms with Gasteiger partial charge in [-0.2, -0.15) is 5.26 Å². The monoisotopic (exact) mass is 904 g/mol. The van der Waals surface area contributed by atoms with Crippen molar-refractivity contribution in [3.8, 4) is 23.3 Å². The summed E-state index contributed by atoms with van der Waals surface area (Å²) in [5.74, 6) is 1.37. The number of aromatic amines is 1. The minimum absolute atomic E-state index is 0.00859. The Hall–Kier alpha value is -5.32. The summed E-state index contributed by atoms with van der Waals surface area (Å²) in [6.45, 7) is 14.2. The highest BCUT2D eigenvalue weighted by molar-refractivity contribution is 7.44. The lowest BCUT2D eigenvalue weighted by atomic mass is 9.70. The molecule has 1 aliphatic carbocycles. The number of nitrogens with one attached hydrogen (secondary N) is 1. The van der Waals surface area contributed by atoms with E-state index in [1.807, 2.05) is 110 Å². The van der Waals surface area contributed by atoms with Crippen molar-refractivity contribution >= 4 is 8.53 Å². The third-order valence-corrected chi connectivity index (χ3v) is 14.7. The van der Waals surface area contributed by atoms with E-state index in [1.54, 1.807) is 27.3 Å². The third kappa shape index (κ3) is 9.66. The van der Waals surface area contributed by atoms with Gasteiger partial charge in [-0.1, -0.05) is 79.2 Å². The summed E-state index contributed by atoms with van der Waals surface area (Å²) in [5, 5.41) is 9.63. The number of nitrogens with zero attached hydrogens (tertiary/aromatic N) is 3. The molecule has 2 bridgehead atoms. The molecule has 2 heterocycles. The van der Waals surface area contributed by atoms with Crippen LogP contribution in [0.4, 0.5) is 0 Å². The maximum absolute atomic E-state index is 14.0. The lowest BCUT2D eigenvalue weighted by Crippen LogP contribution is -2.62. The fraction of sp³-hybridized carbons (Fsp3) is 0.431.